The van der Waals surface area contributed by atoms with E-state index in [2.05, 4.69) is 32.7 Å². The molecule has 1 heterocycles. The Hall–Kier alpha value is -3.21. The molecule has 0 bridgehead atoms. The molecule has 2 N–H and O–H groups in total. The molecule has 1 amide bonds. The molecular weight excluding hydrogens is 324 g/mol. The second-order valence-corrected chi connectivity index (χ2v) is 6.54. The van der Waals surface area contributed by atoms with E-state index < -0.39 is 0 Å². The first kappa shape index (κ1) is 17.6. The van der Waals surface area contributed by atoms with Crippen molar-refractivity contribution < 1.29 is 4.79 Å². The van der Waals surface area contributed by atoms with Crippen molar-refractivity contribution in [3.05, 3.63) is 76.6 Å². The molecule has 0 unspecified atom stereocenters. The van der Waals surface area contributed by atoms with Crippen LogP contribution in [0.3, 0.4) is 0 Å². The first-order valence-electron chi connectivity index (χ1n) is 8.48. The fourth-order valence-corrected chi connectivity index (χ4v) is 2.86. The first-order valence-corrected chi connectivity index (χ1v) is 8.48. The van der Waals surface area contributed by atoms with Crippen LogP contribution in [0.4, 0.5) is 17.3 Å². The Kier molecular flexibility index (Phi) is 4.98. The van der Waals surface area contributed by atoms with Gasteiger partial charge in [0, 0.05) is 17.6 Å². The van der Waals surface area contributed by atoms with Gasteiger partial charge in [-0.2, -0.15) is 0 Å². The van der Waals surface area contributed by atoms with Crippen molar-refractivity contribution in [2.24, 2.45) is 0 Å². The van der Waals surface area contributed by atoms with Crippen LogP contribution in [0.2, 0.25) is 0 Å². The molecule has 0 aliphatic carbocycles. The average Bonchev–Trinajstić information content (AvgIpc) is 2.57. The molecule has 26 heavy (non-hydrogen) atoms. The number of aryl methyl sites for hydroxylation is 4. The van der Waals surface area contributed by atoms with Crippen molar-refractivity contribution in [1.82, 2.24) is 9.97 Å². The molecule has 132 valence electrons. The molecule has 5 nitrogen and oxygen atoms in total. The minimum atomic E-state index is -0.263. The fraction of sp³-hybridized carbons (Fsp3) is 0.190. The van der Waals surface area contributed by atoms with E-state index in [1.54, 1.807) is 12.3 Å². The highest BCUT2D eigenvalue weighted by atomic mass is 16.1. The van der Waals surface area contributed by atoms with E-state index in [0.29, 0.717) is 11.6 Å². The van der Waals surface area contributed by atoms with Crippen molar-refractivity contribution in [2.75, 3.05) is 10.6 Å². The molecule has 0 atom stereocenters. The lowest BCUT2D eigenvalue weighted by Crippen LogP contribution is -2.15. The average molecular weight is 346 g/mol. The Morgan fingerprint density at radius 3 is 2.31 bits per heavy atom. The molecule has 0 saturated carbocycles. The van der Waals surface area contributed by atoms with Gasteiger partial charge in [-0.05, 0) is 68.7 Å². The fourth-order valence-electron chi connectivity index (χ4n) is 2.86. The van der Waals surface area contributed by atoms with Crippen molar-refractivity contribution >= 4 is 23.2 Å². The van der Waals surface area contributed by atoms with E-state index in [-0.39, 0.29) is 5.91 Å². The van der Waals surface area contributed by atoms with E-state index in [9.17, 15) is 4.79 Å². The molecular formula is C21H22N4O. The molecule has 0 fully saturated rings. The summed E-state index contributed by atoms with van der Waals surface area (Å²) in [4.78, 5) is 21.1. The van der Waals surface area contributed by atoms with Gasteiger partial charge in [0.15, 0.2) is 0 Å². The number of hydrogen-bond acceptors (Lipinski definition) is 4. The lowest BCUT2D eigenvalue weighted by atomic mass is 10.1. The van der Waals surface area contributed by atoms with Gasteiger partial charge in [0.05, 0.1) is 0 Å². The van der Waals surface area contributed by atoms with Crippen LogP contribution in [-0.4, -0.2) is 15.9 Å². The third-order valence-corrected chi connectivity index (χ3v) is 4.00. The number of carbonyl (C=O) groups excluding carboxylic acids is 1. The number of aromatic nitrogens is 2. The maximum atomic E-state index is 12.5. The number of nitrogens with one attached hydrogen (secondary N) is 2. The van der Waals surface area contributed by atoms with Gasteiger partial charge in [0.25, 0.3) is 5.91 Å². The summed E-state index contributed by atoms with van der Waals surface area (Å²) in [6, 6.07) is 13.6. The Bertz CT molecular complexity index is 946. The van der Waals surface area contributed by atoms with Gasteiger partial charge in [-0.1, -0.05) is 23.8 Å². The highest BCUT2D eigenvalue weighted by molar-refractivity contribution is 6.03. The van der Waals surface area contributed by atoms with Gasteiger partial charge in [0.2, 0.25) is 5.95 Å². The summed E-state index contributed by atoms with van der Waals surface area (Å²) >= 11 is 0. The van der Waals surface area contributed by atoms with Crippen LogP contribution in [0.5, 0.6) is 0 Å². The Labute approximate surface area is 153 Å². The number of hydrogen-bond donors (Lipinski definition) is 2. The summed E-state index contributed by atoms with van der Waals surface area (Å²) in [5, 5.41) is 6.07. The van der Waals surface area contributed by atoms with Gasteiger partial charge in [-0.15, -0.1) is 0 Å². The van der Waals surface area contributed by atoms with Crippen molar-refractivity contribution in [3.8, 4) is 0 Å². The Balaban J connectivity index is 1.78. The zero-order valence-corrected chi connectivity index (χ0v) is 15.4. The molecule has 3 rings (SSSR count). The molecule has 1 aromatic heterocycles. The van der Waals surface area contributed by atoms with Crippen LogP contribution >= 0.6 is 0 Å². The number of rotatable bonds is 4. The number of anilines is 3. The van der Waals surface area contributed by atoms with Crippen LogP contribution < -0.4 is 10.6 Å². The van der Waals surface area contributed by atoms with Gasteiger partial charge < -0.3 is 10.6 Å². The summed E-state index contributed by atoms with van der Waals surface area (Å²) in [5.74, 6) is 0.131. The monoisotopic (exact) mass is 346 g/mol. The highest BCUT2D eigenvalue weighted by Crippen LogP contribution is 2.20. The van der Waals surface area contributed by atoms with Gasteiger partial charge in [-0.25, -0.2) is 9.97 Å². The molecule has 3 aromatic rings. The second-order valence-electron chi connectivity index (χ2n) is 6.54. The topological polar surface area (TPSA) is 66.9 Å². The predicted octanol–water partition coefficient (Wildman–Crippen LogP) is 4.71. The maximum Gasteiger partial charge on any atom is 0.274 e. The van der Waals surface area contributed by atoms with Gasteiger partial charge >= 0.3 is 0 Å². The van der Waals surface area contributed by atoms with E-state index in [1.807, 2.05) is 52.0 Å². The SMILES string of the molecule is Cc1cc(C)cc(NC(=O)c2ccnc(Nc3ccc(C)cc3C)n2)c1. The number of carbonyl (C=O) groups is 1. The van der Waals surface area contributed by atoms with Crippen LogP contribution in [-0.2, 0) is 0 Å². The smallest absolute Gasteiger partial charge is 0.274 e. The summed E-state index contributed by atoms with van der Waals surface area (Å²) < 4.78 is 0. The summed E-state index contributed by atoms with van der Waals surface area (Å²) in [6.07, 6.45) is 1.58. The number of nitrogens with zero attached hydrogens (tertiary/aromatic N) is 2. The predicted molar refractivity (Wildman–Crippen MR) is 105 cm³/mol. The van der Waals surface area contributed by atoms with Crippen molar-refractivity contribution in [2.45, 2.75) is 27.7 Å². The number of benzene rings is 2. The van der Waals surface area contributed by atoms with E-state index >= 15 is 0 Å². The first-order chi connectivity index (χ1) is 12.4. The minimum absolute atomic E-state index is 0.263. The van der Waals surface area contributed by atoms with Crippen LogP contribution in [0, 0.1) is 27.7 Å². The van der Waals surface area contributed by atoms with E-state index in [0.717, 1.165) is 28.1 Å². The molecule has 0 aliphatic heterocycles. The largest absolute Gasteiger partial charge is 0.324 e. The van der Waals surface area contributed by atoms with Gasteiger partial charge in [0.1, 0.15) is 5.69 Å². The summed E-state index contributed by atoms with van der Waals surface area (Å²) in [7, 11) is 0. The Morgan fingerprint density at radius 2 is 1.62 bits per heavy atom. The zero-order chi connectivity index (χ0) is 18.7. The lowest BCUT2D eigenvalue weighted by molar-refractivity contribution is 0.102. The third-order valence-electron chi connectivity index (χ3n) is 4.00. The maximum absolute atomic E-state index is 12.5. The lowest BCUT2D eigenvalue weighted by Gasteiger charge is -2.10. The van der Waals surface area contributed by atoms with Crippen molar-refractivity contribution in [1.29, 1.82) is 0 Å². The van der Waals surface area contributed by atoms with Crippen LogP contribution in [0.25, 0.3) is 0 Å². The Morgan fingerprint density at radius 1 is 0.885 bits per heavy atom. The number of amides is 1. The molecule has 0 saturated heterocycles. The quantitative estimate of drug-likeness (QED) is 0.718. The standard InChI is InChI=1S/C21H22N4O/c1-13-5-6-18(16(4)10-13)24-21-22-8-7-19(25-21)20(26)23-17-11-14(2)9-15(3)12-17/h5-12H,1-4H3,(H,23,26)(H,22,24,25). The van der Waals surface area contributed by atoms with Crippen LogP contribution in [0.1, 0.15) is 32.7 Å². The zero-order valence-electron chi connectivity index (χ0n) is 15.4. The minimum Gasteiger partial charge on any atom is -0.324 e. The molecule has 5 heteroatoms. The van der Waals surface area contributed by atoms with E-state index in [1.165, 1.54) is 5.56 Å². The molecule has 0 spiro atoms. The summed E-state index contributed by atoms with van der Waals surface area (Å²) in [6.45, 7) is 8.07. The van der Waals surface area contributed by atoms with E-state index in [4.69, 9.17) is 0 Å². The van der Waals surface area contributed by atoms with Crippen LogP contribution in [0.15, 0.2) is 48.7 Å². The summed E-state index contributed by atoms with van der Waals surface area (Å²) in [5.41, 5.74) is 6.47. The molecule has 2 aromatic carbocycles. The third kappa shape index (κ3) is 4.25. The van der Waals surface area contributed by atoms with Crippen molar-refractivity contribution in [3.63, 3.8) is 0 Å². The normalized spacial score (nSPS) is 10.5. The second kappa shape index (κ2) is 7.35. The highest BCUT2D eigenvalue weighted by Gasteiger charge is 2.10. The molecule has 0 radical (unpaired) electrons. The molecule has 0 aliphatic rings. The van der Waals surface area contributed by atoms with Gasteiger partial charge in [-0.3, -0.25) is 4.79 Å².